The van der Waals surface area contributed by atoms with E-state index in [1.54, 1.807) is 18.2 Å². The normalized spacial score (nSPS) is 21.6. The van der Waals surface area contributed by atoms with Crippen LogP contribution in [0.3, 0.4) is 0 Å². The van der Waals surface area contributed by atoms with Crippen molar-refractivity contribution in [3.05, 3.63) is 29.8 Å². The molecule has 1 fully saturated rings. The van der Waals surface area contributed by atoms with E-state index in [0.717, 1.165) is 5.56 Å². The summed E-state index contributed by atoms with van der Waals surface area (Å²) in [5.74, 6) is -0.101. The van der Waals surface area contributed by atoms with Crippen molar-refractivity contribution in [2.75, 3.05) is 18.5 Å². The molecule has 3 amide bonds. The van der Waals surface area contributed by atoms with Crippen molar-refractivity contribution < 1.29 is 14.3 Å². The third-order valence-electron chi connectivity index (χ3n) is 3.26. The third-order valence-corrected chi connectivity index (χ3v) is 3.26. The van der Waals surface area contributed by atoms with Gasteiger partial charge >= 0.3 is 6.03 Å². The number of morpholine rings is 1. The Labute approximate surface area is 123 Å². The SMILES string of the molecule is C[C@H]1OCCN[C@@H]1C(=O)NCc1cccc(NC(N)=O)c1. The highest BCUT2D eigenvalue weighted by Gasteiger charge is 2.27. The summed E-state index contributed by atoms with van der Waals surface area (Å²) in [4.78, 5) is 22.9. The van der Waals surface area contributed by atoms with Crippen LogP contribution in [0, 0.1) is 0 Å². The molecule has 1 aromatic rings. The van der Waals surface area contributed by atoms with Gasteiger partial charge in [-0.2, -0.15) is 0 Å². The van der Waals surface area contributed by atoms with Crippen molar-refractivity contribution in [2.45, 2.75) is 25.6 Å². The molecule has 1 aromatic carbocycles. The summed E-state index contributed by atoms with van der Waals surface area (Å²) in [5.41, 5.74) is 6.54. The monoisotopic (exact) mass is 292 g/mol. The van der Waals surface area contributed by atoms with E-state index in [4.69, 9.17) is 10.5 Å². The highest BCUT2D eigenvalue weighted by molar-refractivity contribution is 5.87. The third kappa shape index (κ3) is 4.44. The number of ether oxygens (including phenoxy) is 1. The molecule has 0 aliphatic carbocycles. The van der Waals surface area contributed by atoms with Crippen LogP contribution in [0.1, 0.15) is 12.5 Å². The van der Waals surface area contributed by atoms with E-state index in [2.05, 4.69) is 16.0 Å². The second-order valence-corrected chi connectivity index (χ2v) is 4.92. The molecule has 7 heteroatoms. The Morgan fingerprint density at radius 1 is 1.48 bits per heavy atom. The van der Waals surface area contributed by atoms with Crippen molar-refractivity contribution in [2.24, 2.45) is 5.73 Å². The topological polar surface area (TPSA) is 105 Å². The number of rotatable bonds is 4. The van der Waals surface area contributed by atoms with Gasteiger partial charge in [-0.1, -0.05) is 12.1 Å². The summed E-state index contributed by atoms with van der Waals surface area (Å²) in [6.45, 7) is 3.53. The Morgan fingerprint density at radius 2 is 2.29 bits per heavy atom. The Kier molecular flexibility index (Phi) is 5.13. The van der Waals surface area contributed by atoms with Crippen molar-refractivity contribution >= 4 is 17.6 Å². The smallest absolute Gasteiger partial charge is 0.316 e. The summed E-state index contributed by atoms with van der Waals surface area (Å²) in [6, 6.07) is 6.19. The fourth-order valence-corrected chi connectivity index (χ4v) is 2.23. The number of anilines is 1. The zero-order chi connectivity index (χ0) is 15.2. The molecule has 114 valence electrons. The van der Waals surface area contributed by atoms with Gasteiger partial charge in [0.1, 0.15) is 6.04 Å². The van der Waals surface area contributed by atoms with Crippen LogP contribution in [0.15, 0.2) is 24.3 Å². The number of carbonyl (C=O) groups is 2. The molecule has 1 aliphatic rings. The Morgan fingerprint density at radius 3 is 3.00 bits per heavy atom. The summed E-state index contributed by atoms with van der Waals surface area (Å²) < 4.78 is 5.44. The zero-order valence-corrected chi connectivity index (χ0v) is 11.9. The van der Waals surface area contributed by atoms with Gasteiger partial charge in [0.2, 0.25) is 5.91 Å². The molecule has 0 unspecified atom stereocenters. The summed E-state index contributed by atoms with van der Waals surface area (Å²) in [7, 11) is 0. The van der Waals surface area contributed by atoms with E-state index in [1.807, 2.05) is 13.0 Å². The predicted molar refractivity (Wildman–Crippen MR) is 78.7 cm³/mol. The van der Waals surface area contributed by atoms with Crippen LogP contribution < -0.4 is 21.7 Å². The van der Waals surface area contributed by atoms with Crippen LogP contribution in [-0.4, -0.2) is 37.2 Å². The number of carbonyl (C=O) groups excluding carboxylic acids is 2. The largest absolute Gasteiger partial charge is 0.375 e. The van der Waals surface area contributed by atoms with Crippen molar-refractivity contribution in [1.82, 2.24) is 10.6 Å². The lowest BCUT2D eigenvalue weighted by molar-refractivity contribution is -0.129. The van der Waals surface area contributed by atoms with Gasteiger partial charge in [-0.05, 0) is 24.6 Å². The zero-order valence-electron chi connectivity index (χ0n) is 11.9. The second kappa shape index (κ2) is 7.05. The first-order valence-corrected chi connectivity index (χ1v) is 6.84. The van der Waals surface area contributed by atoms with Crippen LogP contribution in [0.2, 0.25) is 0 Å². The van der Waals surface area contributed by atoms with Crippen molar-refractivity contribution in [3.8, 4) is 0 Å². The molecule has 1 heterocycles. The molecular formula is C14H20N4O3. The number of nitrogens with two attached hydrogens (primary N) is 1. The minimum Gasteiger partial charge on any atom is -0.375 e. The maximum atomic E-state index is 12.1. The highest BCUT2D eigenvalue weighted by atomic mass is 16.5. The fraction of sp³-hybridized carbons (Fsp3) is 0.429. The van der Waals surface area contributed by atoms with Gasteiger partial charge in [-0.25, -0.2) is 4.79 Å². The van der Waals surface area contributed by atoms with Crippen molar-refractivity contribution in [3.63, 3.8) is 0 Å². The summed E-state index contributed by atoms with van der Waals surface area (Å²) in [6.07, 6.45) is -0.151. The molecule has 21 heavy (non-hydrogen) atoms. The van der Waals surface area contributed by atoms with Gasteiger partial charge in [-0.15, -0.1) is 0 Å². The molecule has 2 atom stereocenters. The van der Waals surface area contributed by atoms with Crippen LogP contribution in [-0.2, 0) is 16.1 Å². The Bertz CT molecular complexity index is 521. The lowest BCUT2D eigenvalue weighted by Crippen LogP contribution is -2.55. The molecule has 1 aliphatic heterocycles. The highest BCUT2D eigenvalue weighted by Crippen LogP contribution is 2.10. The number of urea groups is 1. The number of nitrogens with one attached hydrogen (secondary N) is 3. The number of benzene rings is 1. The number of hydrogen-bond acceptors (Lipinski definition) is 4. The first kappa shape index (κ1) is 15.3. The average Bonchev–Trinajstić information content (AvgIpc) is 2.45. The lowest BCUT2D eigenvalue weighted by atomic mass is 10.1. The molecule has 0 aromatic heterocycles. The van der Waals surface area contributed by atoms with Gasteiger partial charge in [0.05, 0.1) is 12.7 Å². The van der Waals surface area contributed by atoms with Crippen LogP contribution in [0.4, 0.5) is 10.5 Å². The molecule has 0 spiro atoms. The van der Waals surface area contributed by atoms with E-state index in [1.165, 1.54) is 0 Å². The molecule has 1 saturated heterocycles. The fourth-order valence-electron chi connectivity index (χ4n) is 2.23. The van der Waals surface area contributed by atoms with Crippen LogP contribution >= 0.6 is 0 Å². The maximum absolute atomic E-state index is 12.1. The number of hydrogen-bond donors (Lipinski definition) is 4. The maximum Gasteiger partial charge on any atom is 0.316 e. The van der Waals surface area contributed by atoms with E-state index in [9.17, 15) is 9.59 Å². The van der Waals surface area contributed by atoms with Gasteiger partial charge in [0, 0.05) is 18.8 Å². The minimum atomic E-state index is -0.617. The van der Waals surface area contributed by atoms with E-state index >= 15 is 0 Å². The Balaban J connectivity index is 1.90. The molecule has 0 radical (unpaired) electrons. The van der Waals surface area contributed by atoms with E-state index in [0.29, 0.717) is 25.4 Å². The quantitative estimate of drug-likeness (QED) is 0.635. The Hall–Kier alpha value is -2.12. The van der Waals surface area contributed by atoms with E-state index in [-0.39, 0.29) is 18.1 Å². The van der Waals surface area contributed by atoms with Gasteiger partial charge in [0.15, 0.2) is 0 Å². The first-order chi connectivity index (χ1) is 10.1. The predicted octanol–water partition coefficient (Wildman–Crippen LogP) is 0.170. The summed E-state index contributed by atoms with van der Waals surface area (Å²) >= 11 is 0. The number of primary amides is 1. The summed E-state index contributed by atoms with van der Waals surface area (Å²) in [5, 5.41) is 8.48. The molecule has 0 saturated carbocycles. The van der Waals surface area contributed by atoms with Crippen LogP contribution in [0.25, 0.3) is 0 Å². The lowest BCUT2D eigenvalue weighted by Gasteiger charge is -2.29. The number of amides is 3. The molecule has 2 rings (SSSR count). The minimum absolute atomic E-state index is 0.101. The van der Waals surface area contributed by atoms with E-state index < -0.39 is 6.03 Å². The van der Waals surface area contributed by atoms with Gasteiger partial charge < -0.3 is 26.4 Å². The van der Waals surface area contributed by atoms with Crippen LogP contribution in [0.5, 0.6) is 0 Å². The van der Waals surface area contributed by atoms with Gasteiger partial charge in [-0.3, -0.25) is 4.79 Å². The van der Waals surface area contributed by atoms with Crippen molar-refractivity contribution in [1.29, 1.82) is 0 Å². The van der Waals surface area contributed by atoms with Gasteiger partial charge in [0.25, 0.3) is 0 Å². The molecular weight excluding hydrogens is 272 g/mol. The first-order valence-electron chi connectivity index (χ1n) is 6.84. The standard InChI is InChI=1S/C14H20N4O3/c1-9-12(16-5-6-21-9)13(19)17-8-10-3-2-4-11(7-10)18-14(15)20/h2-4,7,9,12,16H,5-6,8H2,1H3,(H,17,19)(H3,15,18,20)/t9-,12+/m1/s1. The molecule has 0 bridgehead atoms. The average molecular weight is 292 g/mol. The second-order valence-electron chi connectivity index (χ2n) is 4.92. The molecule has 5 N–H and O–H groups in total. The molecule has 7 nitrogen and oxygen atoms in total.